The summed E-state index contributed by atoms with van der Waals surface area (Å²) in [6.07, 6.45) is 4.10. The molecule has 0 spiro atoms. The van der Waals surface area contributed by atoms with Crippen LogP contribution in [0.4, 0.5) is 8.78 Å². The van der Waals surface area contributed by atoms with E-state index in [1.54, 1.807) is 6.07 Å². The van der Waals surface area contributed by atoms with Crippen LogP contribution in [-0.4, -0.2) is 34.5 Å². The molecule has 0 radical (unpaired) electrons. The Labute approximate surface area is 169 Å². The monoisotopic (exact) mass is 397 g/mol. The van der Waals surface area contributed by atoms with Crippen LogP contribution in [0.3, 0.4) is 0 Å². The van der Waals surface area contributed by atoms with Crippen LogP contribution in [0.2, 0.25) is 0 Å². The molecule has 2 heterocycles. The number of piperidine rings is 1. The van der Waals surface area contributed by atoms with E-state index in [0.29, 0.717) is 13.0 Å². The second-order valence-electron chi connectivity index (χ2n) is 7.83. The first-order valence-electron chi connectivity index (χ1n) is 9.98. The predicted octanol–water partition coefficient (Wildman–Crippen LogP) is 3.78. The minimum absolute atomic E-state index is 0.0420. The van der Waals surface area contributed by atoms with E-state index in [9.17, 15) is 13.6 Å². The summed E-state index contributed by atoms with van der Waals surface area (Å²) >= 11 is 0. The van der Waals surface area contributed by atoms with Gasteiger partial charge in [-0.1, -0.05) is 24.3 Å². The maximum atomic E-state index is 13.4. The maximum Gasteiger partial charge on any atom is 0.224 e. The Morgan fingerprint density at radius 2 is 1.86 bits per heavy atom. The first-order valence-corrected chi connectivity index (χ1v) is 9.98. The van der Waals surface area contributed by atoms with Crippen LogP contribution in [0.5, 0.6) is 0 Å². The second kappa shape index (κ2) is 8.33. The first-order chi connectivity index (χ1) is 14.0. The number of halogens is 2. The molecule has 152 valence electrons. The Hall–Kier alpha value is -2.73. The van der Waals surface area contributed by atoms with E-state index < -0.39 is 11.6 Å². The molecule has 4 rings (SSSR count). The second-order valence-corrected chi connectivity index (χ2v) is 7.83. The van der Waals surface area contributed by atoms with Crippen molar-refractivity contribution in [3.05, 3.63) is 71.4 Å². The fourth-order valence-electron chi connectivity index (χ4n) is 4.15. The molecule has 0 unspecified atom stereocenters. The molecule has 0 bridgehead atoms. The molecule has 2 aromatic carbocycles. The highest BCUT2D eigenvalue weighted by atomic mass is 19.2. The fourth-order valence-corrected chi connectivity index (χ4v) is 4.15. The van der Waals surface area contributed by atoms with Crippen molar-refractivity contribution in [2.75, 3.05) is 13.1 Å². The molecular formula is C23H25F2N3O. The van der Waals surface area contributed by atoms with Gasteiger partial charge in [-0.15, -0.1) is 0 Å². The van der Waals surface area contributed by atoms with Crippen molar-refractivity contribution in [1.82, 2.24) is 14.8 Å². The van der Waals surface area contributed by atoms with Crippen molar-refractivity contribution >= 4 is 16.8 Å². The van der Waals surface area contributed by atoms with Crippen LogP contribution in [0.25, 0.3) is 10.9 Å². The summed E-state index contributed by atoms with van der Waals surface area (Å²) in [5.41, 5.74) is 2.93. The van der Waals surface area contributed by atoms with E-state index in [4.69, 9.17) is 0 Å². The first kappa shape index (κ1) is 19.6. The van der Waals surface area contributed by atoms with Gasteiger partial charge in [-0.3, -0.25) is 9.69 Å². The molecule has 1 aliphatic heterocycles. The molecule has 0 saturated carbocycles. The molecule has 1 N–H and O–H groups in total. The van der Waals surface area contributed by atoms with Crippen molar-refractivity contribution in [3.8, 4) is 0 Å². The molecule has 29 heavy (non-hydrogen) atoms. The van der Waals surface area contributed by atoms with Gasteiger partial charge >= 0.3 is 0 Å². The van der Waals surface area contributed by atoms with E-state index in [-0.39, 0.29) is 11.9 Å². The van der Waals surface area contributed by atoms with E-state index >= 15 is 0 Å². The van der Waals surface area contributed by atoms with Crippen LogP contribution < -0.4 is 5.32 Å². The summed E-state index contributed by atoms with van der Waals surface area (Å²) in [4.78, 5) is 14.8. The lowest BCUT2D eigenvalue weighted by atomic mass is 10.0. The van der Waals surface area contributed by atoms with Gasteiger partial charge in [0.05, 0.1) is 6.42 Å². The lowest BCUT2D eigenvalue weighted by Gasteiger charge is -2.32. The number of fused-ring (bicyclic) bond motifs is 1. The molecule has 0 aliphatic carbocycles. The summed E-state index contributed by atoms with van der Waals surface area (Å²) in [5.74, 6) is -1.58. The summed E-state index contributed by atoms with van der Waals surface area (Å²) < 4.78 is 28.5. The van der Waals surface area contributed by atoms with Crippen LogP contribution >= 0.6 is 0 Å². The Morgan fingerprint density at radius 1 is 1.10 bits per heavy atom. The standard InChI is InChI=1S/C23H25F2N3O/c1-27-15-17(19-4-2-3-5-22(19)27)13-23(29)26-18-8-10-28(11-9-18)14-16-6-7-20(24)21(25)12-16/h2-7,12,15,18H,8-11,13-14H2,1H3,(H,26,29). The number of aromatic nitrogens is 1. The van der Waals surface area contributed by atoms with Gasteiger partial charge in [0, 0.05) is 49.8 Å². The number of rotatable bonds is 5. The maximum absolute atomic E-state index is 13.4. The molecule has 6 heteroatoms. The van der Waals surface area contributed by atoms with E-state index in [0.717, 1.165) is 48.0 Å². The molecule has 0 atom stereocenters. The van der Waals surface area contributed by atoms with Crippen molar-refractivity contribution in [3.63, 3.8) is 0 Å². The molecule has 4 nitrogen and oxygen atoms in total. The van der Waals surface area contributed by atoms with Crippen molar-refractivity contribution < 1.29 is 13.6 Å². The number of aryl methyl sites for hydroxylation is 1. The molecule has 1 aliphatic rings. The van der Waals surface area contributed by atoms with Gasteiger partial charge in [0.2, 0.25) is 5.91 Å². The number of nitrogens with zero attached hydrogens (tertiary/aromatic N) is 2. The summed E-state index contributed by atoms with van der Waals surface area (Å²) in [5, 5.41) is 4.27. The minimum atomic E-state index is -0.818. The number of benzene rings is 2. The van der Waals surface area contributed by atoms with Crippen LogP contribution in [-0.2, 0) is 24.8 Å². The topological polar surface area (TPSA) is 37.3 Å². The Morgan fingerprint density at radius 3 is 2.62 bits per heavy atom. The Kier molecular flexibility index (Phi) is 5.62. The minimum Gasteiger partial charge on any atom is -0.353 e. The zero-order chi connectivity index (χ0) is 20.4. The molecule has 3 aromatic rings. The number of para-hydroxylation sites is 1. The predicted molar refractivity (Wildman–Crippen MR) is 109 cm³/mol. The van der Waals surface area contributed by atoms with E-state index in [1.807, 2.05) is 25.4 Å². The lowest BCUT2D eigenvalue weighted by molar-refractivity contribution is -0.121. The highest BCUT2D eigenvalue weighted by Crippen LogP contribution is 2.21. The van der Waals surface area contributed by atoms with Crippen LogP contribution in [0.1, 0.15) is 24.0 Å². The third-order valence-corrected chi connectivity index (χ3v) is 5.67. The van der Waals surface area contributed by atoms with Gasteiger partial charge in [0.1, 0.15) is 0 Å². The molecule has 1 aromatic heterocycles. The van der Waals surface area contributed by atoms with Crippen molar-refractivity contribution in [1.29, 1.82) is 0 Å². The zero-order valence-corrected chi connectivity index (χ0v) is 16.5. The van der Waals surface area contributed by atoms with Crippen molar-refractivity contribution in [2.45, 2.75) is 31.8 Å². The number of carbonyl (C=O) groups is 1. The fraction of sp³-hybridized carbons (Fsp3) is 0.348. The number of amides is 1. The lowest BCUT2D eigenvalue weighted by Crippen LogP contribution is -2.44. The molecular weight excluding hydrogens is 372 g/mol. The van der Waals surface area contributed by atoms with Crippen molar-refractivity contribution in [2.24, 2.45) is 7.05 Å². The van der Waals surface area contributed by atoms with Gasteiger partial charge < -0.3 is 9.88 Å². The molecule has 1 amide bonds. The Bertz CT molecular complexity index is 1020. The summed E-state index contributed by atoms with van der Waals surface area (Å²) in [6.45, 7) is 2.23. The molecule has 1 saturated heterocycles. The largest absolute Gasteiger partial charge is 0.353 e. The van der Waals surface area contributed by atoms with Gasteiger partial charge in [-0.25, -0.2) is 8.78 Å². The highest BCUT2D eigenvalue weighted by molar-refractivity contribution is 5.89. The SMILES string of the molecule is Cn1cc(CC(=O)NC2CCN(Cc3ccc(F)c(F)c3)CC2)c2ccccc21. The van der Waals surface area contributed by atoms with E-state index in [2.05, 4.69) is 26.9 Å². The number of hydrogen-bond donors (Lipinski definition) is 1. The number of hydrogen-bond acceptors (Lipinski definition) is 2. The van der Waals surface area contributed by atoms with Crippen LogP contribution in [0, 0.1) is 11.6 Å². The quantitative estimate of drug-likeness (QED) is 0.712. The summed E-state index contributed by atoms with van der Waals surface area (Å²) in [7, 11) is 1.99. The summed E-state index contributed by atoms with van der Waals surface area (Å²) in [6, 6.07) is 12.3. The van der Waals surface area contributed by atoms with Gasteiger partial charge in [0.25, 0.3) is 0 Å². The number of carbonyl (C=O) groups excluding carboxylic acids is 1. The third-order valence-electron chi connectivity index (χ3n) is 5.67. The smallest absolute Gasteiger partial charge is 0.224 e. The average Bonchev–Trinajstić information content (AvgIpc) is 3.02. The highest BCUT2D eigenvalue weighted by Gasteiger charge is 2.21. The molecule has 1 fully saturated rings. The van der Waals surface area contributed by atoms with Crippen LogP contribution in [0.15, 0.2) is 48.7 Å². The van der Waals surface area contributed by atoms with Gasteiger partial charge in [-0.2, -0.15) is 0 Å². The Balaban J connectivity index is 1.29. The van der Waals surface area contributed by atoms with E-state index in [1.165, 1.54) is 12.1 Å². The number of nitrogens with one attached hydrogen (secondary N) is 1. The van der Waals surface area contributed by atoms with Gasteiger partial charge in [-0.05, 0) is 42.2 Å². The zero-order valence-electron chi connectivity index (χ0n) is 16.5. The third kappa shape index (κ3) is 4.48. The van der Waals surface area contributed by atoms with Gasteiger partial charge in [0.15, 0.2) is 11.6 Å². The average molecular weight is 397 g/mol. The number of likely N-dealkylation sites (tertiary alicyclic amines) is 1. The normalized spacial score (nSPS) is 15.7.